The lowest BCUT2D eigenvalue weighted by atomic mass is 10.1. The van der Waals surface area contributed by atoms with Crippen LogP contribution in [-0.4, -0.2) is 34.0 Å². The highest BCUT2D eigenvalue weighted by atomic mass is 32.2. The van der Waals surface area contributed by atoms with E-state index in [0.717, 1.165) is 0 Å². The van der Waals surface area contributed by atoms with Crippen molar-refractivity contribution in [1.82, 2.24) is 0 Å². The van der Waals surface area contributed by atoms with Gasteiger partial charge in [-0.3, -0.25) is 9.52 Å². The van der Waals surface area contributed by atoms with E-state index in [0.29, 0.717) is 17.0 Å². The van der Waals surface area contributed by atoms with E-state index in [4.69, 9.17) is 9.47 Å². The molecule has 0 saturated carbocycles. The van der Waals surface area contributed by atoms with Crippen LogP contribution in [0.25, 0.3) is 0 Å². The van der Waals surface area contributed by atoms with Crippen LogP contribution in [0.2, 0.25) is 0 Å². The molecular formula is C23H22N2O6S. The lowest BCUT2D eigenvalue weighted by Crippen LogP contribution is -2.15. The number of hydrogen-bond acceptors (Lipinski definition) is 6. The van der Waals surface area contributed by atoms with Crippen molar-refractivity contribution in [3.63, 3.8) is 0 Å². The summed E-state index contributed by atoms with van der Waals surface area (Å²) in [6.45, 7) is 1.99. The fourth-order valence-corrected chi connectivity index (χ4v) is 3.90. The third-order valence-corrected chi connectivity index (χ3v) is 5.76. The van der Waals surface area contributed by atoms with Gasteiger partial charge in [-0.2, -0.15) is 0 Å². The van der Waals surface area contributed by atoms with Gasteiger partial charge in [0.1, 0.15) is 5.75 Å². The number of esters is 1. The minimum Gasteiger partial charge on any atom is -0.497 e. The summed E-state index contributed by atoms with van der Waals surface area (Å²) in [5.41, 5.74) is 1.34. The van der Waals surface area contributed by atoms with E-state index in [1.807, 2.05) is 0 Å². The predicted molar refractivity (Wildman–Crippen MR) is 121 cm³/mol. The fraction of sp³-hybridized carbons (Fsp3) is 0.130. The zero-order chi connectivity index (χ0) is 23.1. The monoisotopic (exact) mass is 454 g/mol. The maximum atomic E-state index is 12.7. The molecule has 0 radical (unpaired) electrons. The first-order chi connectivity index (χ1) is 15.3. The van der Waals surface area contributed by atoms with Crippen molar-refractivity contribution in [2.75, 3.05) is 23.8 Å². The number of ether oxygens (including phenoxy) is 2. The number of rotatable bonds is 8. The highest BCUT2D eigenvalue weighted by Gasteiger charge is 2.16. The minimum absolute atomic E-state index is 0.0356. The van der Waals surface area contributed by atoms with Crippen molar-refractivity contribution in [1.29, 1.82) is 0 Å². The molecule has 0 aromatic heterocycles. The van der Waals surface area contributed by atoms with Crippen LogP contribution >= 0.6 is 0 Å². The van der Waals surface area contributed by atoms with E-state index in [2.05, 4.69) is 10.0 Å². The molecule has 0 atom stereocenters. The summed E-state index contributed by atoms with van der Waals surface area (Å²) in [4.78, 5) is 24.4. The van der Waals surface area contributed by atoms with Gasteiger partial charge in [-0.25, -0.2) is 13.2 Å². The Labute approximate surface area is 186 Å². The number of sulfonamides is 1. The summed E-state index contributed by atoms with van der Waals surface area (Å²) in [5.74, 6) is -0.465. The second kappa shape index (κ2) is 9.97. The molecular weight excluding hydrogens is 432 g/mol. The van der Waals surface area contributed by atoms with Crippen molar-refractivity contribution in [2.45, 2.75) is 11.8 Å². The van der Waals surface area contributed by atoms with Crippen molar-refractivity contribution < 1.29 is 27.5 Å². The largest absolute Gasteiger partial charge is 0.497 e. The van der Waals surface area contributed by atoms with E-state index in [-0.39, 0.29) is 22.8 Å². The third-order valence-electron chi connectivity index (χ3n) is 4.38. The van der Waals surface area contributed by atoms with Crippen molar-refractivity contribution in [3.05, 3.63) is 83.9 Å². The average Bonchev–Trinajstić information content (AvgIpc) is 2.79. The molecule has 0 aliphatic heterocycles. The molecule has 3 aromatic rings. The van der Waals surface area contributed by atoms with E-state index in [1.54, 1.807) is 61.5 Å². The lowest BCUT2D eigenvalue weighted by molar-refractivity contribution is 0.0526. The van der Waals surface area contributed by atoms with Crippen LogP contribution in [0.15, 0.2) is 77.7 Å². The first-order valence-electron chi connectivity index (χ1n) is 9.68. The number of amides is 1. The predicted octanol–water partition coefficient (Wildman–Crippen LogP) is 3.93. The zero-order valence-electron chi connectivity index (χ0n) is 17.5. The SMILES string of the molecule is CCOC(=O)c1ccc(NC(=O)c2cccc(NS(=O)(=O)c3cccc(OC)c3)c2)cc1. The maximum Gasteiger partial charge on any atom is 0.338 e. The van der Waals surface area contributed by atoms with Gasteiger partial charge in [0.2, 0.25) is 0 Å². The molecule has 0 aliphatic rings. The quantitative estimate of drug-likeness (QED) is 0.499. The van der Waals surface area contributed by atoms with Gasteiger partial charge in [0, 0.05) is 23.0 Å². The van der Waals surface area contributed by atoms with Gasteiger partial charge in [-0.1, -0.05) is 12.1 Å². The maximum absolute atomic E-state index is 12.7. The molecule has 3 aromatic carbocycles. The summed E-state index contributed by atoms with van der Waals surface area (Å²) in [6, 6.07) is 18.4. The van der Waals surface area contributed by atoms with Crippen molar-refractivity contribution in [3.8, 4) is 5.75 Å². The Bertz CT molecular complexity index is 1220. The number of hydrogen-bond donors (Lipinski definition) is 2. The highest BCUT2D eigenvalue weighted by molar-refractivity contribution is 7.92. The topological polar surface area (TPSA) is 111 Å². The molecule has 2 N–H and O–H groups in total. The van der Waals surface area contributed by atoms with Gasteiger partial charge in [0.05, 0.1) is 24.2 Å². The van der Waals surface area contributed by atoms with Gasteiger partial charge in [0.15, 0.2) is 0 Å². The standard InChI is InChI=1S/C23H22N2O6S/c1-3-31-23(27)16-10-12-18(13-11-16)24-22(26)17-6-4-7-19(14-17)25-32(28,29)21-9-5-8-20(15-21)30-2/h4-15,25H,3H2,1-2H3,(H,24,26). The van der Waals surface area contributed by atoms with Crippen LogP contribution in [0, 0.1) is 0 Å². The molecule has 0 bridgehead atoms. The smallest absolute Gasteiger partial charge is 0.338 e. The van der Waals surface area contributed by atoms with E-state index >= 15 is 0 Å². The summed E-state index contributed by atoms with van der Waals surface area (Å²) in [5, 5.41) is 2.71. The Balaban J connectivity index is 1.72. The van der Waals surface area contributed by atoms with Crippen LogP contribution in [0.3, 0.4) is 0 Å². The molecule has 9 heteroatoms. The summed E-state index contributed by atoms with van der Waals surface area (Å²) in [7, 11) is -2.42. The molecule has 0 aliphatic carbocycles. The van der Waals surface area contributed by atoms with Gasteiger partial charge < -0.3 is 14.8 Å². The van der Waals surface area contributed by atoms with Crippen LogP contribution in [0.5, 0.6) is 5.75 Å². The summed E-state index contributed by atoms with van der Waals surface area (Å²) < 4.78 is 37.8. The van der Waals surface area contributed by atoms with E-state index in [9.17, 15) is 18.0 Å². The van der Waals surface area contributed by atoms with E-state index in [1.165, 1.54) is 25.3 Å². The lowest BCUT2D eigenvalue weighted by Gasteiger charge is -2.11. The molecule has 166 valence electrons. The molecule has 8 nitrogen and oxygen atoms in total. The Morgan fingerprint density at radius 1 is 0.875 bits per heavy atom. The number of anilines is 2. The van der Waals surface area contributed by atoms with Crippen molar-refractivity contribution >= 4 is 33.3 Å². The number of nitrogens with one attached hydrogen (secondary N) is 2. The Kier molecular flexibility index (Phi) is 7.11. The molecule has 3 rings (SSSR count). The first-order valence-corrected chi connectivity index (χ1v) is 11.2. The molecule has 0 heterocycles. The molecule has 0 unspecified atom stereocenters. The minimum atomic E-state index is -3.87. The Morgan fingerprint density at radius 3 is 2.28 bits per heavy atom. The fourth-order valence-electron chi connectivity index (χ4n) is 2.81. The number of carbonyl (C=O) groups excluding carboxylic acids is 2. The van der Waals surface area contributed by atoms with Crippen LogP contribution in [-0.2, 0) is 14.8 Å². The number of carbonyl (C=O) groups is 2. The Hall–Kier alpha value is -3.85. The van der Waals surface area contributed by atoms with Gasteiger partial charge in [-0.15, -0.1) is 0 Å². The Morgan fingerprint density at radius 2 is 1.59 bits per heavy atom. The van der Waals surface area contributed by atoms with Crippen LogP contribution in [0.4, 0.5) is 11.4 Å². The molecule has 32 heavy (non-hydrogen) atoms. The van der Waals surface area contributed by atoms with Crippen LogP contribution < -0.4 is 14.8 Å². The highest BCUT2D eigenvalue weighted by Crippen LogP contribution is 2.21. The van der Waals surface area contributed by atoms with E-state index < -0.39 is 21.9 Å². The van der Waals surface area contributed by atoms with Crippen LogP contribution in [0.1, 0.15) is 27.6 Å². The normalized spacial score (nSPS) is 10.8. The first kappa shape index (κ1) is 22.8. The summed E-state index contributed by atoms with van der Waals surface area (Å²) >= 11 is 0. The number of benzene rings is 3. The second-order valence-corrected chi connectivity index (χ2v) is 8.30. The molecule has 0 spiro atoms. The molecule has 0 fully saturated rings. The van der Waals surface area contributed by atoms with Gasteiger partial charge >= 0.3 is 5.97 Å². The number of methoxy groups -OCH3 is 1. The van der Waals surface area contributed by atoms with Crippen molar-refractivity contribution in [2.24, 2.45) is 0 Å². The average molecular weight is 455 g/mol. The second-order valence-electron chi connectivity index (χ2n) is 6.62. The van der Waals surface area contributed by atoms with Gasteiger partial charge in [0.25, 0.3) is 15.9 Å². The summed E-state index contributed by atoms with van der Waals surface area (Å²) in [6.07, 6.45) is 0. The molecule has 0 saturated heterocycles. The third kappa shape index (κ3) is 5.64. The molecule has 1 amide bonds. The zero-order valence-corrected chi connectivity index (χ0v) is 18.3. The van der Waals surface area contributed by atoms with Gasteiger partial charge in [-0.05, 0) is 61.5 Å².